The summed E-state index contributed by atoms with van der Waals surface area (Å²) in [6.07, 6.45) is 13.9. The Morgan fingerprint density at radius 1 is 1.10 bits per heavy atom. The molecule has 2 aliphatic carbocycles. The van der Waals surface area contributed by atoms with Crippen LogP contribution in [0.3, 0.4) is 0 Å². The summed E-state index contributed by atoms with van der Waals surface area (Å²) in [4.78, 5) is 0. The van der Waals surface area contributed by atoms with Gasteiger partial charge in [-0.3, -0.25) is 0 Å². The van der Waals surface area contributed by atoms with Crippen LogP contribution in [0.4, 0.5) is 0 Å². The third kappa shape index (κ3) is 2.93. The fourth-order valence-electron chi connectivity index (χ4n) is 5.07. The average molecular weight is 305 g/mol. The third-order valence-corrected chi connectivity index (χ3v) is 10.8. The first-order valence-electron chi connectivity index (χ1n) is 8.95. The van der Waals surface area contributed by atoms with Crippen molar-refractivity contribution < 1.29 is 0 Å². The van der Waals surface area contributed by atoms with Crippen molar-refractivity contribution >= 4 is 8.24 Å². The van der Waals surface area contributed by atoms with E-state index in [2.05, 4.69) is 54.2 Å². The Morgan fingerprint density at radius 2 is 1.76 bits per heavy atom. The van der Waals surface area contributed by atoms with Gasteiger partial charge >= 0.3 is 0 Å². The maximum absolute atomic E-state index is 3.52. The van der Waals surface area contributed by atoms with Crippen LogP contribution in [0.5, 0.6) is 0 Å². The maximum Gasteiger partial charge on any atom is 0.126 e. The number of rotatable bonds is 4. The molecule has 1 saturated carbocycles. The molecule has 3 heteroatoms. The Kier molecular flexibility index (Phi) is 4.72. The Bertz CT molecular complexity index is 409. The van der Waals surface area contributed by atoms with Gasteiger partial charge in [0.15, 0.2) is 0 Å². The van der Waals surface area contributed by atoms with Crippen molar-refractivity contribution in [3.05, 3.63) is 24.3 Å². The summed E-state index contributed by atoms with van der Waals surface area (Å²) in [5.41, 5.74) is 0.943. The molecule has 0 radical (unpaired) electrons. The van der Waals surface area contributed by atoms with E-state index in [1.54, 1.807) is 0 Å². The molecule has 3 aliphatic rings. The first-order chi connectivity index (χ1) is 10.1. The van der Waals surface area contributed by atoms with Gasteiger partial charge in [-0.15, -0.1) is 0 Å². The molecule has 0 aromatic rings. The van der Waals surface area contributed by atoms with Crippen molar-refractivity contribution in [3.63, 3.8) is 0 Å². The number of fused-ring (bicyclic) bond motifs is 1. The zero-order valence-electron chi connectivity index (χ0n) is 14.0. The zero-order chi connectivity index (χ0) is 14.9. The van der Waals surface area contributed by atoms with Gasteiger partial charge in [0, 0.05) is 26.2 Å². The van der Waals surface area contributed by atoms with Crippen molar-refractivity contribution in [2.75, 3.05) is 26.2 Å². The molecule has 0 aromatic heterocycles. The first kappa shape index (κ1) is 15.5. The fraction of sp³-hybridized carbons (Fsp3) is 0.778. The van der Waals surface area contributed by atoms with Crippen LogP contribution in [0.1, 0.15) is 26.2 Å². The second-order valence-corrected chi connectivity index (χ2v) is 12.4. The highest BCUT2D eigenvalue weighted by molar-refractivity contribution is 6.76. The molecular formula is C18H32N2Si. The standard InChI is InChI=1S/C18H32N2Si/c1-4-7-15-14-18(17-9-6-5-8-16(15)17)21(2,3)20-12-10-19-11-13-20/h5-6,8-9,15-19H,4,7,10-14H2,1-3H3. The molecule has 4 atom stereocenters. The molecule has 1 N–H and O–H groups in total. The molecule has 2 nitrogen and oxygen atoms in total. The van der Waals surface area contributed by atoms with Gasteiger partial charge in [0.1, 0.15) is 8.24 Å². The zero-order valence-corrected chi connectivity index (χ0v) is 15.0. The van der Waals surface area contributed by atoms with Crippen LogP contribution >= 0.6 is 0 Å². The van der Waals surface area contributed by atoms with Gasteiger partial charge < -0.3 is 9.88 Å². The second-order valence-electron chi connectivity index (χ2n) is 7.71. The van der Waals surface area contributed by atoms with Crippen LogP contribution in [-0.4, -0.2) is 39.0 Å². The van der Waals surface area contributed by atoms with E-state index in [0.717, 1.165) is 23.3 Å². The Morgan fingerprint density at radius 3 is 2.43 bits per heavy atom. The molecule has 1 saturated heterocycles. The molecule has 0 amide bonds. The van der Waals surface area contributed by atoms with Crippen LogP contribution < -0.4 is 5.32 Å². The number of nitrogens with one attached hydrogen (secondary N) is 1. The summed E-state index contributed by atoms with van der Waals surface area (Å²) >= 11 is 0. The van der Waals surface area contributed by atoms with Crippen molar-refractivity contribution in [1.82, 2.24) is 9.88 Å². The minimum atomic E-state index is -1.34. The van der Waals surface area contributed by atoms with Gasteiger partial charge in [0.2, 0.25) is 0 Å². The van der Waals surface area contributed by atoms with E-state index >= 15 is 0 Å². The molecule has 21 heavy (non-hydrogen) atoms. The maximum atomic E-state index is 3.52. The molecule has 1 aliphatic heterocycles. The van der Waals surface area contributed by atoms with Gasteiger partial charge in [0.05, 0.1) is 0 Å². The van der Waals surface area contributed by atoms with Crippen molar-refractivity contribution in [1.29, 1.82) is 0 Å². The van der Waals surface area contributed by atoms with Gasteiger partial charge in [-0.25, -0.2) is 0 Å². The van der Waals surface area contributed by atoms with E-state index < -0.39 is 8.24 Å². The monoisotopic (exact) mass is 304 g/mol. The smallest absolute Gasteiger partial charge is 0.126 e. The van der Waals surface area contributed by atoms with Crippen molar-refractivity contribution in [2.45, 2.75) is 44.8 Å². The molecule has 0 aromatic carbocycles. The second kappa shape index (κ2) is 6.39. The van der Waals surface area contributed by atoms with Crippen LogP contribution in [0.25, 0.3) is 0 Å². The summed E-state index contributed by atoms with van der Waals surface area (Å²) in [7, 11) is -1.34. The molecule has 4 unspecified atom stereocenters. The van der Waals surface area contributed by atoms with Crippen molar-refractivity contribution in [3.8, 4) is 0 Å². The summed E-state index contributed by atoms with van der Waals surface area (Å²) in [5, 5.41) is 3.52. The van der Waals surface area contributed by atoms with E-state index in [0.29, 0.717) is 0 Å². The average Bonchev–Trinajstić information content (AvgIpc) is 2.88. The van der Waals surface area contributed by atoms with Gasteiger partial charge in [0.25, 0.3) is 0 Å². The molecular weight excluding hydrogens is 272 g/mol. The quantitative estimate of drug-likeness (QED) is 0.798. The largest absolute Gasteiger partial charge is 0.321 e. The number of piperazine rings is 1. The molecule has 2 fully saturated rings. The first-order valence-corrected chi connectivity index (χ1v) is 12.0. The van der Waals surface area contributed by atoms with Gasteiger partial charge in [-0.2, -0.15) is 0 Å². The molecule has 1 heterocycles. The minimum absolute atomic E-state index is 0.822. The number of hydrogen-bond acceptors (Lipinski definition) is 2. The van der Waals surface area contributed by atoms with Crippen LogP contribution in [0, 0.1) is 17.8 Å². The molecule has 0 bridgehead atoms. The van der Waals surface area contributed by atoms with E-state index in [4.69, 9.17) is 0 Å². The lowest BCUT2D eigenvalue weighted by Crippen LogP contribution is -2.59. The topological polar surface area (TPSA) is 15.3 Å². The SMILES string of the molecule is CCCC1CC([Si](C)(C)N2CCNCC2)C2C=CC=CC12. The molecule has 3 rings (SSSR count). The van der Waals surface area contributed by atoms with E-state index in [1.807, 2.05) is 0 Å². The summed E-state index contributed by atoms with van der Waals surface area (Å²) in [6.45, 7) is 12.5. The lowest BCUT2D eigenvalue weighted by Gasteiger charge is -2.45. The fourth-order valence-corrected chi connectivity index (χ4v) is 9.07. The lowest BCUT2D eigenvalue weighted by molar-refractivity contribution is 0.346. The van der Waals surface area contributed by atoms with Gasteiger partial charge in [-0.1, -0.05) is 57.2 Å². The Balaban J connectivity index is 1.80. The van der Waals surface area contributed by atoms with E-state index in [-0.39, 0.29) is 0 Å². The highest BCUT2D eigenvalue weighted by Crippen LogP contribution is 2.54. The number of hydrogen-bond donors (Lipinski definition) is 1. The predicted molar refractivity (Wildman–Crippen MR) is 93.9 cm³/mol. The minimum Gasteiger partial charge on any atom is -0.321 e. The highest BCUT2D eigenvalue weighted by atomic mass is 28.3. The van der Waals surface area contributed by atoms with Crippen LogP contribution in [0.2, 0.25) is 18.6 Å². The summed E-state index contributed by atoms with van der Waals surface area (Å²) in [6, 6.07) is 0. The van der Waals surface area contributed by atoms with Crippen molar-refractivity contribution in [2.24, 2.45) is 17.8 Å². The van der Waals surface area contributed by atoms with Crippen LogP contribution in [-0.2, 0) is 0 Å². The van der Waals surface area contributed by atoms with Crippen LogP contribution in [0.15, 0.2) is 24.3 Å². The normalized spacial score (nSPS) is 36.9. The summed E-state index contributed by atoms with van der Waals surface area (Å²) < 4.78 is 2.88. The van der Waals surface area contributed by atoms with E-state index in [1.165, 1.54) is 45.4 Å². The predicted octanol–water partition coefficient (Wildman–Crippen LogP) is 3.65. The third-order valence-electron chi connectivity index (χ3n) is 6.29. The Labute approximate surface area is 131 Å². The lowest BCUT2D eigenvalue weighted by atomic mass is 9.84. The van der Waals surface area contributed by atoms with Gasteiger partial charge in [-0.05, 0) is 29.7 Å². The summed E-state index contributed by atoms with van der Waals surface area (Å²) in [5.74, 6) is 2.58. The molecule has 0 spiro atoms. The Hall–Kier alpha value is -0.383. The number of nitrogens with zero attached hydrogens (tertiary/aromatic N) is 1. The molecule has 118 valence electrons. The highest BCUT2D eigenvalue weighted by Gasteiger charge is 2.50. The van der Waals surface area contributed by atoms with E-state index in [9.17, 15) is 0 Å². The number of allylic oxidation sites excluding steroid dienone is 4.